The normalized spacial score (nSPS) is 10.4. The van der Waals surface area contributed by atoms with Crippen LogP contribution < -0.4 is 10.2 Å². The Labute approximate surface area is 136 Å². The first-order chi connectivity index (χ1) is 11.2. The van der Waals surface area contributed by atoms with E-state index in [-0.39, 0.29) is 0 Å². The number of hydrogen-bond acceptors (Lipinski definition) is 3. The zero-order valence-electron chi connectivity index (χ0n) is 12.8. The van der Waals surface area contributed by atoms with Crippen molar-refractivity contribution in [1.82, 2.24) is 0 Å². The van der Waals surface area contributed by atoms with Crippen LogP contribution in [-0.4, -0.2) is 24.3 Å². The molecular formula is C19H17BO3. The van der Waals surface area contributed by atoms with E-state index in [9.17, 15) is 10.0 Å². The molecule has 0 unspecified atom stereocenters. The van der Waals surface area contributed by atoms with Crippen molar-refractivity contribution < 1.29 is 14.8 Å². The largest absolute Gasteiger partial charge is 0.496 e. The molecule has 0 bridgehead atoms. The van der Waals surface area contributed by atoms with Crippen molar-refractivity contribution in [3.8, 4) is 28.0 Å². The predicted molar refractivity (Wildman–Crippen MR) is 93.7 cm³/mol. The zero-order valence-corrected chi connectivity index (χ0v) is 12.8. The lowest BCUT2D eigenvalue weighted by atomic mass is 9.78. The Kier molecular flexibility index (Phi) is 4.46. The van der Waals surface area contributed by atoms with Crippen molar-refractivity contribution >= 4 is 12.6 Å². The fourth-order valence-electron chi connectivity index (χ4n) is 2.71. The Balaban J connectivity index is 2.11. The summed E-state index contributed by atoms with van der Waals surface area (Å²) in [5, 5.41) is 19.0. The number of ether oxygens (including phenoxy) is 1. The van der Waals surface area contributed by atoms with E-state index >= 15 is 0 Å². The van der Waals surface area contributed by atoms with Crippen molar-refractivity contribution in [1.29, 1.82) is 0 Å². The summed E-state index contributed by atoms with van der Waals surface area (Å²) in [6, 6.07) is 23.6. The van der Waals surface area contributed by atoms with E-state index in [0.717, 1.165) is 22.3 Å². The minimum atomic E-state index is -1.57. The van der Waals surface area contributed by atoms with Gasteiger partial charge in [0.25, 0.3) is 0 Å². The summed E-state index contributed by atoms with van der Waals surface area (Å²) < 4.78 is 5.42. The molecule has 3 nitrogen and oxygen atoms in total. The van der Waals surface area contributed by atoms with E-state index in [0.29, 0.717) is 11.2 Å². The molecule has 0 fully saturated rings. The van der Waals surface area contributed by atoms with Crippen LogP contribution in [0.2, 0.25) is 0 Å². The van der Waals surface area contributed by atoms with Crippen molar-refractivity contribution in [3.05, 3.63) is 72.8 Å². The highest BCUT2D eigenvalue weighted by Crippen LogP contribution is 2.31. The molecule has 0 aromatic heterocycles. The first-order valence-corrected chi connectivity index (χ1v) is 7.39. The van der Waals surface area contributed by atoms with Gasteiger partial charge in [-0.3, -0.25) is 0 Å². The summed E-state index contributed by atoms with van der Waals surface area (Å²) in [5.41, 5.74) is 4.38. The van der Waals surface area contributed by atoms with E-state index in [1.807, 2.05) is 36.4 Å². The van der Waals surface area contributed by atoms with E-state index in [4.69, 9.17) is 4.74 Å². The second-order valence-corrected chi connectivity index (χ2v) is 5.25. The third-order valence-electron chi connectivity index (χ3n) is 3.81. The van der Waals surface area contributed by atoms with E-state index in [2.05, 4.69) is 24.3 Å². The number of rotatable bonds is 4. The van der Waals surface area contributed by atoms with Crippen LogP contribution in [0.5, 0.6) is 5.75 Å². The molecule has 0 heterocycles. The summed E-state index contributed by atoms with van der Waals surface area (Å²) in [5.74, 6) is 0.479. The first kappa shape index (κ1) is 15.3. The lowest BCUT2D eigenvalue weighted by Crippen LogP contribution is -2.31. The van der Waals surface area contributed by atoms with Crippen LogP contribution in [0.15, 0.2) is 72.8 Å². The quantitative estimate of drug-likeness (QED) is 0.729. The van der Waals surface area contributed by atoms with Crippen LogP contribution in [0.3, 0.4) is 0 Å². The highest BCUT2D eigenvalue weighted by molar-refractivity contribution is 6.60. The highest BCUT2D eigenvalue weighted by Gasteiger charge is 2.20. The molecule has 23 heavy (non-hydrogen) atoms. The van der Waals surface area contributed by atoms with Gasteiger partial charge in [-0.15, -0.1) is 0 Å². The molecule has 0 saturated carbocycles. The molecule has 0 radical (unpaired) electrons. The molecule has 0 aliphatic rings. The summed E-state index contributed by atoms with van der Waals surface area (Å²) in [4.78, 5) is 0. The molecule has 0 atom stereocenters. The van der Waals surface area contributed by atoms with Crippen molar-refractivity contribution in [2.75, 3.05) is 7.11 Å². The lowest BCUT2D eigenvalue weighted by Gasteiger charge is -2.14. The van der Waals surface area contributed by atoms with Gasteiger partial charge in [-0.1, -0.05) is 66.7 Å². The Morgan fingerprint density at radius 3 is 2.09 bits per heavy atom. The average molecular weight is 304 g/mol. The molecule has 114 valence electrons. The lowest BCUT2D eigenvalue weighted by molar-refractivity contribution is 0.404. The van der Waals surface area contributed by atoms with Gasteiger partial charge in [-0.05, 0) is 22.8 Å². The molecule has 0 aliphatic carbocycles. The minimum absolute atomic E-state index is 0.357. The molecule has 0 aliphatic heterocycles. The fraction of sp³-hybridized carbons (Fsp3) is 0.0526. The van der Waals surface area contributed by atoms with Crippen LogP contribution in [-0.2, 0) is 0 Å². The second-order valence-electron chi connectivity index (χ2n) is 5.25. The molecule has 0 saturated heterocycles. The van der Waals surface area contributed by atoms with Crippen LogP contribution in [0.4, 0.5) is 0 Å². The average Bonchev–Trinajstić information content (AvgIpc) is 2.61. The van der Waals surface area contributed by atoms with Crippen molar-refractivity contribution in [2.45, 2.75) is 0 Å². The number of benzene rings is 3. The summed E-state index contributed by atoms with van der Waals surface area (Å²) in [6.45, 7) is 0. The fourth-order valence-corrected chi connectivity index (χ4v) is 2.71. The first-order valence-electron chi connectivity index (χ1n) is 7.39. The Hall–Kier alpha value is -2.56. The Morgan fingerprint density at radius 2 is 1.39 bits per heavy atom. The second kappa shape index (κ2) is 6.69. The maximum Gasteiger partial charge on any atom is 0.492 e. The third-order valence-corrected chi connectivity index (χ3v) is 3.81. The molecule has 0 spiro atoms. The third kappa shape index (κ3) is 3.14. The van der Waals surface area contributed by atoms with Crippen molar-refractivity contribution in [2.24, 2.45) is 0 Å². The van der Waals surface area contributed by atoms with Gasteiger partial charge in [0.15, 0.2) is 0 Å². The molecule has 4 heteroatoms. The van der Waals surface area contributed by atoms with Gasteiger partial charge in [-0.2, -0.15) is 0 Å². The smallest absolute Gasteiger partial charge is 0.492 e. The van der Waals surface area contributed by atoms with Crippen LogP contribution in [0.1, 0.15) is 0 Å². The monoisotopic (exact) mass is 304 g/mol. The molecular weight excluding hydrogens is 287 g/mol. The summed E-state index contributed by atoms with van der Waals surface area (Å²) >= 11 is 0. The van der Waals surface area contributed by atoms with Crippen LogP contribution in [0.25, 0.3) is 22.3 Å². The van der Waals surface area contributed by atoms with Crippen LogP contribution in [0, 0.1) is 0 Å². The molecule has 0 amide bonds. The summed E-state index contributed by atoms with van der Waals surface area (Å²) in [6.07, 6.45) is 0. The van der Waals surface area contributed by atoms with Gasteiger partial charge in [0.05, 0.1) is 7.11 Å². The maximum absolute atomic E-state index is 9.52. The van der Waals surface area contributed by atoms with Gasteiger partial charge >= 0.3 is 7.12 Å². The summed E-state index contributed by atoms with van der Waals surface area (Å²) in [7, 11) is -0.0339. The van der Waals surface area contributed by atoms with Gasteiger partial charge < -0.3 is 14.8 Å². The van der Waals surface area contributed by atoms with Gasteiger partial charge in [-0.25, -0.2) is 0 Å². The predicted octanol–water partition coefficient (Wildman–Crippen LogP) is 2.71. The number of hydrogen-bond donors (Lipinski definition) is 2. The topological polar surface area (TPSA) is 49.7 Å². The molecule has 3 aromatic rings. The van der Waals surface area contributed by atoms with Gasteiger partial charge in [0.1, 0.15) is 5.75 Å². The maximum atomic E-state index is 9.52. The molecule has 3 rings (SSSR count). The Bertz CT molecular complexity index is 801. The van der Waals surface area contributed by atoms with Crippen molar-refractivity contribution in [3.63, 3.8) is 0 Å². The van der Waals surface area contributed by atoms with Gasteiger partial charge in [0, 0.05) is 11.0 Å². The highest BCUT2D eigenvalue weighted by atomic mass is 16.5. The standard InChI is InChI=1S/C19H17BO3/c1-23-19-17(11-6-12-18(19)20(21)22)16-10-5-9-15(13-16)14-7-3-2-4-8-14/h2-13,21-22H,1H3. The van der Waals surface area contributed by atoms with Gasteiger partial charge in [0.2, 0.25) is 0 Å². The SMILES string of the molecule is COc1c(B(O)O)cccc1-c1cccc(-c2ccccc2)c1. The van der Waals surface area contributed by atoms with E-state index in [1.165, 1.54) is 7.11 Å². The number of methoxy groups -OCH3 is 1. The Morgan fingerprint density at radius 1 is 0.739 bits per heavy atom. The molecule has 3 aromatic carbocycles. The minimum Gasteiger partial charge on any atom is -0.496 e. The zero-order chi connectivity index (χ0) is 16.2. The number of para-hydroxylation sites is 1. The van der Waals surface area contributed by atoms with Crippen LogP contribution >= 0.6 is 0 Å². The van der Waals surface area contributed by atoms with E-state index < -0.39 is 7.12 Å². The molecule has 2 N–H and O–H groups in total. The van der Waals surface area contributed by atoms with E-state index in [1.54, 1.807) is 12.1 Å².